The van der Waals surface area contributed by atoms with Gasteiger partial charge in [-0.3, -0.25) is 9.69 Å². The summed E-state index contributed by atoms with van der Waals surface area (Å²) in [5.74, 6) is 0.464. The van der Waals surface area contributed by atoms with Gasteiger partial charge in [0.2, 0.25) is 0 Å². The highest BCUT2D eigenvalue weighted by atomic mass is 79.9. The van der Waals surface area contributed by atoms with Crippen LogP contribution >= 0.6 is 67.4 Å². The Morgan fingerprint density at radius 3 is 2.72 bits per heavy atom. The molecule has 3 rings (SSSR count). The quantitative estimate of drug-likeness (QED) is 0.353. The molecule has 128 valence electrons. The summed E-state index contributed by atoms with van der Waals surface area (Å²) in [6, 6.07) is 10.8. The van der Waals surface area contributed by atoms with Gasteiger partial charge in [0.25, 0.3) is 5.91 Å². The van der Waals surface area contributed by atoms with Crippen LogP contribution in [0.5, 0.6) is 5.75 Å². The molecule has 0 N–H and O–H groups in total. The monoisotopic (exact) mass is 517 g/mol. The van der Waals surface area contributed by atoms with Crippen molar-refractivity contribution in [1.29, 1.82) is 0 Å². The number of methoxy groups -OCH3 is 1. The van der Waals surface area contributed by atoms with Crippen LogP contribution in [0, 0.1) is 0 Å². The average Bonchev–Trinajstić information content (AvgIpc) is 2.81. The van der Waals surface area contributed by atoms with Gasteiger partial charge in [-0.2, -0.15) is 0 Å². The summed E-state index contributed by atoms with van der Waals surface area (Å²) >= 11 is 19.6. The zero-order chi connectivity index (χ0) is 18.1. The van der Waals surface area contributed by atoms with Gasteiger partial charge in [0.15, 0.2) is 4.32 Å². The molecule has 0 atom stereocenters. The predicted octanol–water partition coefficient (Wildman–Crippen LogP) is 6.28. The lowest BCUT2D eigenvalue weighted by Crippen LogP contribution is -2.27. The first-order valence-electron chi connectivity index (χ1n) is 6.97. The van der Waals surface area contributed by atoms with Crippen molar-refractivity contribution in [2.75, 3.05) is 12.0 Å². The summed E-state index contributed by atoms with van der Waals surface area (Å²) in [6.07, 6.45) is 1.78. The first-order valence-corrected chi connectivity index (χ1v) is 10.2. The largest absolute Gasteiger partial charge is 0.495 e. The summed E-state index contributed by atoms with van der Waals surface area (Å²) in [7, 11) is 1.59. The third kappa shape index (κ3) is 3.95. The minimum Gasteiger partial charge on any atom is -0.495 e. The van der Waals surface area contributed by atoms with Crippen molar-refractivity contribution in [1.82, 2.24) is 0 Å². The van der Waals surface area contributed by atoms with E-state index in [1.165, 1.54) is 16.7 Å². The lowest BCUT2D eigenvalue weighted by molar-refractivity contribution is -0.113. The molecule has 25 heavy (non-hydrogen) atoms. The standard InChI is InChI=1S/C17H10Br2ClNO2S2/c1-23-15-9(5-10(18)7-13(15)19)6-14-16(22)21(17(24)25-14)12-4-2-3-11(20)8-12/h2-8H,1H3/b14-6-. The molecule has 0 aliphatic carbocycles. The van der Waals surface area contributed by atoms with Gasteiger partial charge in [-0.1, -0.05) is 57.6 Å². The number of carbonyl (C=O) groups excluding carboxylic acids is 1. The Morgan fingerprint density at radius 2 is 2.04 bits per heavy atom. The van der Waals surface area contributed by atoms with Crippen LogP contribution in [0.1, 0.15) is 5.56 Å². The van der Waals surface area contributed by atoms with Gasteiger partial charge in [-0.25, -0.2) is 0 Å². The van der Waals surface area contributed by atoms with Crippen molar-refractivity contribution < 1.29 is 9.53 Å². The zero-order valence-electron chi connectivity index (χ0n) is 12.8. The minimum atomic E-state index is -0.185. The Bertz CT molecular complexity index is 918. The predicted molar refractivity (Wildman–Crippen MR) is 115 cm³/mol. The van der Waals surface area contributed by atoms with Crippen molar-refractivity contribution in [3.05, 3.63) is 60.8 Å². The molecule has 1 aliphatic heterocycles. The van der Waals surface area contributed by atoms with Crippen LogP contribution in [0.4, 0.5) is 5.69 Å². The zero-order valence-corrected chi connectivity index (χ0v) is 18.3. The Hall–Kier alpha value is -0.860. The highest BCUT2D eigenvalue weighted by Crippen LogP contribution is 2.40. The van der Waals surface area contributed by atoms with Crippen molar-refractivity contribution >= 4 is 89.4 Å². The van der Waals surface area contributed by atoms with Gasteiger partial charge in [0, 0.05) is 15.1 Å². The average molecular weight is 520 g/mol. The van der Waals surface area contributed by atoms with Crippen molar-refractivity contribution in [2.24, 2.45) is 0 Å². The van der Waals surface area contributed by atoms with Crippen LogP contribution in [-0.4, -0.2) is 17.3 Å². The van der Waals surface area contributed by atoms with Gasteiger partial charge in [0.1, 0.15) is 5.75 Å². The number of rotatable bonds is 3. The van der Waals surface area contributed by atoms with E-state index in [9.17, 15) is 4.79 Å². The SMILES string of the molecule is COc1c(Br)cc(Br)cc1/C=C1\SC(=S)N(c2cccc(Cl)c2)C1=O. The summed E-state index contributed by atoms with van der Waals surface area (Å²) < 4.78 is 7.56. The fourth-order valence-electron chi connectivity index (χ4n) is 2.35. The lowest BCUT2D eigenvalue weighted by Gasteiger charge is -2.14. The van der Waals surface area contributed by atoms with Crippen LogP contribution in [0.25, 0.3) is 6.08 Å². The maximum Gasteiger partial charge on any atom is 0.270 e. The third-order valence-corrected chi connectivity index (χ3v) is 5.97. The summed E-state index contributed by atoms with van der Waals surface area (Å²) in [5.41, 5.74) is 1.43. The number of carbonyl (C=O) groups is 1. The number of amides is 1. The molecule has 1 amide bonds. The fourth-order valence-corrected chi connectivity index (χ4v) is 5.24. The van der Waals surface area contributed by atoms with Gasteiger partial charge >= 0.3 is 0 Å². The smallest absolute Gasteiger partial charge is 0.270 e. The summed E-state index contributed by atoms with van der Waals surface area (Å²) in [5, 5.41) is 0.549. The van der Waals surface area contributed by atoms with E-state index in [1.807, 2.05) is 12.1 Å². The first kappa shape index (κ1) is 18.9. The van der Waals surface area contributed by atoms with Gasteiger partial charge in [-0.05, 0) is 52.3 Å². The molecule has 3 nitrogen and oxygen atoms in total. The van der Waals surface area contributed by atoms with Gasteiger partial charge < -0.3 is 4.74 Å². The molecule has 0 spiro atoms. The summed E-state index contributed by atoms with van der Waals surface area (Å²) in [6.45, 7) is 0. The van der Waals surface area contributed by atoms with Crippen molar-refractivity contribution in [3.8, 4) is 5.75 Å². The van der Waals surface area contributed by atoms with E-state index in [4.69, 9.17) is 28.6 Å². The van der Waals surface area contributed by atoms with E-state index in [0.29, 0.717) is 25.7 Å². The van der Waals surface area contributed by atoms with E-state index < -0.39 is 0 Å². The molecule has 0 radical (unpaired) electrons. The molecule has 8 heteroatoms. The number of thiocarbonyl (C=S) groups is 1. The third-order valence-electron chi connectivity index (χ3n) is 3.39. The lowest BCUT2D eigenvalue weighted by atomic mass is 10.2. The van der Waals surface area contributed by atoms with Crippen molar-refractivity contribution in [2.45, 2.75) is 0 Å². The topological polar surface area (TPSA) is 29.5 Å². The highest BCUT2D eigenvalue weighted by Gasteiger charge is 2.33. The molecular weight excluding hydrogens is 510 g/mol. The number of nitrogens with zero attached hydrogens (tertiary/aromatic N) is 1. The van der Waals surface area contributed by atoms with Crippen LogP contribution in [0.2, 0.25) is 5.02 Å². The number of hydrogen-bond acceptors (Lipinski definition) is 4. The van der Waals surface area contributed by atoms with E-state index in [1.54, 1.807) is 37.5 Å². The van der Waals surface area contributed by atoms with Gasteiger partial charge in [-0.15, -0.1) is 0 Å². The van der Waals surface area contributed by atoms with Crippen molar-refractivity contribution in [3.63, 3.8) is 0 Å². The molecule has 1 aliphatic rings. The number of hydrogen-bond donors (Lipinski definition) is 0. The molecular formula is C17H10Br2ClNO2S2. The van der Waals surface area contributed by atoms with Crippen LogP contribution < -0.4 is 9.64 Å². The molecule has 1 heterocycles. The molecule has 2 aromatic rings. The van der Waals surface area contributed by atoms with Crippen LogP contribution in [-0.2, 0) is 4.79 Å². The van der Waals surface area contributed by atoms with Gasteiger partial charge in [0.05, 0.1) is 22.2 Å². The Kier molecular flexibility index (Phi) is 5.90. The van der Waals surface area contributed by atoms with E-state index >= 15 is 0 Å². The molecule has 0 saturated carbocycles. The van der Waals surface area contributed by atoms with E-state index in [0.717, 1.165) is 14.5 Å². The van der Waals surface area contributed by atoms with Crippen LogP contribution in [0.3, 0.4) is 0 Å². The second-order valence-corrected chi connectivity index (χ2v) is 8.89. The molecule has 1 saturated heterocycles. The fraction of sp³-hybridized carbons (Fsp3) is 0.0588. The second kappa shape index (κ2) is 7.80. The normalized spacial score (nSPS) is 16.0. The Morgan fingerprint density at radius 1 is 1.28 bits per heavy atom. The minimum absolute atomic E-state index is 0.185. The van der Waals surface area contributed by atoms with Crippen LogP contribution in [0.15, 0.2) is 50.2 Å². The van der Waals surface area contributed by atoms with E-state index in [-0.39, 0.29) is 5.91 Å². The maximum absolute atomic E-state index is 12.8. The highest BCUT2D eigenvalue weighted by molar-refractivity contribution is 9.11. The Labute approximate surface area is 176 Å². The summed E-state index contributed by atoms with van der Waals surface area (Å²) in [4.78, 5) is 14.8. The number of benzene rings is 2. The Balaban J connectivity index is 2.02. The molecule has 0 unspecified atom stereocenters. The molecule has 0 bridgehead atoms. The molecule has 1 fully saturated rings. The molecule has 0 aromatic heterocycles. The first-order chi connectivity index (χ1) is 11.9. The second-order valence-electron chi connectivity index (χ2n) is 5.01. The van der Waals surface area contributed by atoms with E-state index in [2.05, 4.69) is 31.9 Å². The number of thioether (sulfide) groups is 1. The number of halogens is 3. The molecule has 2 aromatic carbocycles. The number of anilines is 1. The number of ether oxygens (including phenoxy) is 1. The maximum atomic E-state index is 12.8.